The van der Waals surface area contributed by atoms with Crippen molar-refractivity contribution in [1.82, 2.24) is 0 Å². The molecular formula is C9H16O3. The Morgan fingerprint density at radius 3 is 2.67 bits per heavy atom. The van der Waals surface area contributed by atoms with Crippen LogP contribution in [0.3, 0.4) is 0 Å². The molecule has 0 rings (SSSR count). The van der Waals surface area contributed by atoms with Crippen molar-refractivity contribution in [3.05, 3.63) is 12.7 Å². The van der Waals surface area contributed by atoms with Gasteiger partial charge in [0.15, 0.2) is 0 Å². The number of rotatable bonds is 6. The molecule has 0 heterocycles. The molecule has 0 amide bonds. The fraction of sp³-hybridized carbons (Fsp3) is 0.667. The molecule has 0 aliphatic rings. The molecule has 70 valence electrons. The lowest BCUT2D eigenvalue weighted by atomic mass is 10.4. The highest BCUT2D eigenvalue weighted by Gasteiger charge is 1.96. The molecule has 0 aromatic heterocycles. The number of hydrogen-bond donors (Lipinski definition) is 0. The lowest BCUT2D eigenvalue weighted by Crippen LogP contribution is -2.08. The van der Waals surface area contributed by atoms with Crippen molar-refractivity contribution in [3.8, 4) is 0 Å². The van der Waals surface area contributed by atoms with E-state index in [4.69, 9.17) is 9.47 Å². The minimum absolute atomic E-state index is 0.236. The third kappa shape index (κ3) is 7.28. The number of carbonyl (C=O) groups is 1. The van der Waals surface area contributed by atoms with E-state index in [-0.39, 0.29) is 12.1 Å². The van der Waals surface area contributed by atoms with Gasteiger partial charge in [0.2, 0.25) is 0 Å². The minimum Gasteiger partial charge on any atom is -0.462 e. The van der Waals surface area contributed by atoms with Crippen LogP contribution in [0.2, 0.25) is 0 Å². The lowest BCUT2D eigenvalue weighted by molar-refractivity contribution is -0.138. The zero-order chi connectivity index (χ0) is 9.40. The summed E-state index contributed by atoms with van der Waals surface area (Å²) in [7, 11) is 0. The van der Waals surface area contributed by atoms with Crippen LogP contribution in [-0.2, 0) is 14.3 Å². The summed E-state index contributed by atoms with van der Waals surface area (Å²) in [6.07, 6.45) is 2.13. The quantitative estimate of drug-likeness (QED) is 0.346. The third-order valence-electron chi connectivity index (χ3n) is 1.15. The normalized spacial score (nSPS) is 9.92. The zero-order valence-corrected chi connectivity index (χ0v) is 7.71. The topological polar surface area (TPSA) is 35.5 Å². The maximum absolute atomic E-state index is 10.5. The standard InChI is InChI=1S/C9H16O3/c1-4-9(10)12-7-5-6-11-8(2)3/h4,8H,1,5-7H2,2-3H3. The molecule has 0 bridgehead atoms. The van der Waals surface area contributed by atoms with Gasteiger partial charge in [-0.05, 0) is 13.8 Å². The van der Waals surface area contributed by atoms with E-state index in [9.17, 15) is 4.79 Å². The fourth-order valence-electron chi connectivity index (χ4n) is 0.610. The average Bonchev–Trinajstić information content (AvgIpc) is 2.03. The summed E-state index contributed by atoms with van der Waals surface area (Å²) in [6.45, 7) is 8.25. The van der Waals surface area contributed by atoms with Crippen molar-refractivity contribution < 1.29 is 14.3 Å². The first-order valence-corrected chi connectivity index (χ1v) is 4.07. The van der Waals surface area contributed by atoms with E-state index in [0.29, 0.717) is 13.2 Å². The highest BCUT2D eigenvalue weighted by atomic mass is 16.5. The lowest BCUT2D eigenvalue weighted by Gasteiger charge is -2.06. The molecule has 0 saturated carbocycles. The van der Waals surface area contributed by atoms with Gasteiger partial charge in [-0.15, -0.1) is 0 Å². The Morgan fingerprint density at radius 2 is 2.17 bits per heavy atom. The predicted octanol–water partition coefficient (Wildman–Crippen LogP) is 1.53. The van der Waals surface area contributed by atoms with E-state index in [1.807, 2.05) is 13.8 Å². The van der Waals surface area contributed by atoms with Gasteiger partial charge in [0.05, 0.1) is 19.3 Å². The molecule has 0 aliphatic heterocycles. The number of hydrogen-bond acceptors (Lipinski definition) is 3. The summed E-state index contributed by atoms with van der Waals surface area (Å²) in [4.78, 5) is 10.5. The minimum atomic E-state index is -0.375. The van der Waals surface area contributed by atoms with E-state index in [1.54, 1.807) is 0 Å². The Morgan fingerprint density at radius 1 is 1.50 bits per heavy atom. The highest BCUT2D eigenvalue weighted by Crippen LogP contribution is 1.91. The summed E-state index contributed by atoms with van der Waals surface area (Å²) in [5.74, 6) is -0.375. The summed E-state index contributed by atoms with van der Waals surface area (Å²) in [5.41, 5.74) is 0. The largest absolute Gasteiger partial charge is 0.462 e. The van der Waals surface area contributed by atoms with Gasteiger partial charge in [0.1, 0.15) is 0 Å². The fourth-order valence-corrected chi connectivity index (χ4v) is 0.610. The second kappa shape index (κ2) is 6.85. The predicted molar refractivity (Wildman–Crippen MR) is 46.9 cm³/mol. The van der Waals surface area contributed by atoms with Crippen LogP contribution in [0, 0.1) is 0 Å². The first-order chi connectivity index (χ1) is 5.66. The molecule has 0 atom stereocenters. The molecule has 0 fully saturated rings. The van der Waals surface area contributed by atoms with Crippen molar-refractivity contribution in [1.29, 1.82) is 0 Å². The maximum atomic E-state index is 10.5. The molecule has 0 aromatic carbocycles. The molecule has 0 N–H and O–H groups in total. The van der Waals surface area contributed by atoms with E-state index < -0.39 is 0 Å². The van der Waals surface area contributed by atoms with Crippen LogP contribution in [0.25, 0.3) is 0 Å². The van der Waals surface area contributed by atoms with Crippen LogP contribution in [0.4, 0.5) is 0 Å². The molecule has 3 nitrogen and oxygen atoms in total. The van der Waals surface area contributed by atoms with Gasteiger partial charge in [-0.3, -0.25) is 0 Å². The second-order valence-electron chi connectivity index (χ2n) is 2.64. The Hall–Kier alpha value is -0.830. The first kappa shape index (κ1) is 11.2. The van der Waals surface area contributed by atoms with E-state index in [0.717, 1.165) is 12.5 Å². The smallest absolute Gasteiger partial charge is 0.330 e. The molecule has 0 radical (unpaired) electrons. The van der Waals surface area contributed by atoms with Crippen molar-refractivity contribution in [2.24, 2.45) is 0 Å². The molecule has 3 heteroatoms. The first-order valence-electron chi connectivity index (χ1n) is 4.07. The Kier molecular flexibility index (Phi) is 6.38. The van der Waals surface area contributed by atoms with E-state index in [2.05, 4.69) is 6.58 Å². The SMILES string of the molecule is C=CC(=O)OCCCOC(C)C. The van der Waals surface area contributed by atoms with Gasteiger partial charge < -0.3 is 9.47 Å². The van der Waals surface area contributed by atoms with Crippen molar-refractivity contribution in [3.63, 3.8) is 0 Å². The average molecular weight is 172 g/mol. The van der Waals surface area contributed by atoms with Gasteiger partial charge in [0, 0.05) is 12.5 Å². The van der Waals surface area contributed by atoms with Gasteiger partial charge >= 0.3 is 5.97 Å². The molecule has 12 heavy (non-hydrogen) atoms. The van der Waals surface area contributed by atoms with Crippen molar-refractivity contribution >= 4 is 5.97 Å². The number of esters is 1. The van der Waals surface area contributed by atoms with E-state index in [1.165, 1.54) is 0 Å². The van der Waals surface area contributed by atoms with Crippen LogP contribution in [0.5, 0.6) is 0 Å². The third-order valence-corrected chi connectivity index (χ3v) is 1.15. The van der Waals surface area contributed by atoms with Crippen LogP contribution in [-0.4, -0.2) is 25.3 Å². The van der Waals surface area contributed by atoms with Crippen LogP contribution >= 0.6 is 0 Å². The Balaban J connectivity index is 3.11. The van der Waals surface area contributed by atoms with Crippen molar-refractivity contribution in [2.45, 2.75) is 26.4 Å². The summed E-state index contributed by atoms with van der Waals surface area (Å²) >= 11 is 0. The van der Waals surface area contributed by atoms with Crippen LogP contribution < -0.4 is 0 Å². The Labute approximate surface area is 73.4 Å². The van der Waals surface area contributed by atoms with Crippen molar-refractivity contribution in [2.75, 3.05) is 13.2 Å². The molecule has 0 aromatic rings. The van der Waals surface area contributed by atoms with Gasteiger partial charge in [-0.1, -0.05) is 6.58 Å². The molecule has 0 spiro atoms. The summed E-state index contributed by atoms with van der Waals surface area (Å²) < 4.78 is 9.98. The molecular weight excluding hydrogens is 156 g/mol. The number of carbonyl (C=O) groups excluding carboxylic acids is 1. The monoisotopic (exact) mass is 172 g/mol. The molecule has 0 aliphatic carbocycles. The maximum Gasteiger partial charge on any atom is 0.330 e. The Bertz CT molecular complexity index is 141. The second-order valence-corrected chi connectivity index (χ2v) is 2.64. The van der Waals surface area contributed by atoms with Gasteiger partial charge in [-0.2, -0.15) is 0 Å². The van der Waals surface area contributed by atoms with Gasteiger partial charge in [0.25, 0.3) is 0 Å². The molecule has 0 saturated heterocycles. The van der Waals surface area contributed by atoms with E-state index >= 15 is 0 Å². The summed E-state index contributed by atoms with van der Waals surface area (Å²) in [6, 6.07) is 0. The number of ether oxygens (including phenoxy) is 2. The zero-order valence-electron chi connectivity index (χ0n) is 7.71. The van der Waals surface area contributed by atoms with Gasteiger partial charge in [-0.25, -0.2) is 4.79 Å². The highest BCUT2D eigenvalue weighted by molar-refractivity contribution is 5.81. The summed E-state index contributed by atoms with van der Waals surface area (Å²) in [5, 5.41) is 0. The molecule has 0 unspecified atom stereocenters. The van der Waals surface area contributed by atoms with Crippen LogP contribution in [0.15, 0.2) is 12.7 Å². The van der Waals surface area contributed by atoms with Crippen LogP contribution in [0.1, 0.15) is 20.3 Å².